The SMILES string of the molecule is COC(=O)C1CNCCN1C(CNc1ccc(Nc2nccc(Nc3ccnc(-c4cccc(C)n4)n3)n2)cc1)C(C)C. The Morgan fingerprint density at radius 3 is 2.47 bits per heavy atom. The molecule has 0 radical (unpaired) electrons. The van der Waals surface area contributed by atoms with Crippen LogP contribution in [-0.2, 0) is 9.53 Å². The molecule has 12 heteroatoms. The summed E-state index contributed by atoms with van der Waals surface area (Å²) in [7, 11) is 1.45. The second kappa shape index (κ2) is 14.0. The van der Waals surface area contributed by atoms with Crippen LogP contribution < -0.4 is 21.3 Å². The molecule has 1 aromatic carbocycles. The summed E-state index contributed by atoms with van der Waals surface area (Å²) >= 11 is 0. The predicted octanol–water partition coefficient (Wildman–Crippen LogP) is 4.01. The van der Waals surface area contributed by atoms with Gasteiger partial charge in [-0.05, 0) is 61.4 Å². The number of ether oxygens (including phenoxy) is 1. The number of esters is 1. The molecule has 2 unspecified atom stereocenters. The number of piperazine rings is 1. The largest absolute Gasteiger partial charge is 0.468 e. The summed E-state index contributed by atoms with van der Waals surface area (Å²) in [6.45, 7) is 9.25. The van der Waals surface area contributed by atoms with E-state index < -0.39 is 0 Å². The zero-order valence-corrected chi connectivity index (χ0v) is 24.9. The minimum Gasteiger partial charge on any atom is -0.468 e. The van der Waals surface area contributed by atoms with Gasteiger partial charge in [-0.1, -0.05) is 19.9 Å². The maximum absolute atomic E-state index is 12.4. The maximum Gasteiger partial charge on any atom is 0.324 e. The van der Waals surface area contributed by atoms with Gasteiger partial charge in [0.15, 0.2) is 5.82 Å². The van der Waals surface area contributed by atoms with E-state index in [-0.39, 0.29) is 18.1 Å². The lowest BCUT2D eigenvalue weighted by molar-refractivity contribution is -0.149. The highest BCUT2D eigenvalue weighted by Gasteiger charge is 2.35. The number of benzene rings is 1. The number of nitrogens with zero attached hydrogens (tertiary/aromatic N) is 6. The van der Waals surface area contributed by atoms with E-state index >= 15 is 0 Å². The number of aryl methyl sites for hydroxylation is 1. The number of hydrogen-bond donors (Lipinski definition) is 4. The van der Waals surface area contributed by atoms with E-state index in [0.29, 0.717) is 48.1 Å². The van der Waals surface area contributed by atoms with Gasteiger partial charge < -0.3 is 26.0 Å². The molecule has 5 rings (SSSR count). The first-order chi connectivity index (χ1) is 20.9. The third-order valence-electron chi connectivity index (χ3n) is 7.29. The number of rotatable bonds is 11. The van der Waals surface area contributed by atoms with E-state index in [0.717, 1.165) is 30.2 Å². The average Bonchev–Trinajstić information content (AvgIpc) is 3.02. The Hall–Kier alpha value is -4.68. The van der Waals surface area contributed by atoms with Crippen molar-refractivity contribution in [1.29, 1.82) is 0 Å². The average molecular weight is 583 g/mol. The van der Waals surface area contributed by atoms with Crippen LogP contribution in [-0.4, -0.2) is 81.2 Å². The van der Waals surface area contributed by atoms with Gasteiger partial charge in [-0.15, -0.1) is 0 Å². The zero-order valence-electron chi connectivity index (χ0n) is 24.9. The summed E-state index contributed by atoms with van der Waals surface area (Å²) < 4.78 is 5.07. The van der Waals surface area contributed by atoms with Crippen LogP contribution in [0.3, 0.4) is 0 Å². The van der Waals surface area contributed by atoms with Crippen LogP contribution in [0.5, 0.6) is 0 Å². The molecule has 4 heterocycles. The number of aromatic nitrogens is 5. The lowest BCUT2D eigenvalue weighted by Gasteiger charge is -2.42. The zero-order chi connectivity index (χ0) is 30.2. The molecular weight excluding hydrogens is 544 g/mol. The van der Waals surface area contributed by atoms with E-state index in [1.54, 1.807) is 24.5 Å². The fraction of sp³-hybridized carbons (Fsp3) is 0.355. The second-order valence-corrected chi connectivity index (χ2v) is 10.7. The van der Waals surface area contributed by atoms with Crippen LogP contribution >= 0.6 is 0 Å². The standard InChI is InChI=1S/C31H38N10O2/c1-20(2)25(41-17-16-32-18-26(41)30(42)43-4)19-35-22-8-10-23(11-9-22)37-31-34-15-13-28(40-31)38-27-12-14-33-29(39-27)24-7-5-6-21(3)36-24/h5-15,20,25-26,32,35H,16-19H2,1-4H3,(H2,33,34,37,38,39,40). The van der Waals surface area contributed by atoms with E-state index in [4.69, 9.17) is 4.74 Å². The van der Waals surface area contributed by atoms with Crippen molar-refractivity contribution in [3.8, 4) is 11.5 Å². The van der Waals surface area contributed by atoms with E-state index in [1.807, 2.05) is 49.4 Å². The van der Waals surface area contributed by atoms with Crippen LogP contribution in [0.1, 0.15) is 19.5 Å². The molecule has 12 nitrogen and oxygen atoms in total. The topological polar surface area (TPSA) is 142 Å². The second-order valence-electron chi connectivity index (χ2n) is 10.7. The molecule has 1 saturated heterocycles. The van der Waals surface area contributed by atoms with Crippen molar-refractivity contribution in [3.05, 3.63) is 72.7 Å². The molecule has 43 heavy (non-hydrogen) atoms. The highest BCUT2D eigenvalue weighted by molar-refractivity contribution is 5.76. The molecule has 1 aliphatic rings. The van der Waals surface area contributed by atoms with Crippen LogP contribution in [0.4, 0.5) is 29.0 Å². The molecular formula is C31H38N10O2. The monoisotopic (exact) mass is 582 g/mol. The van der Waals surface area contributed by atoms with Gasteiger partial charge in [0.25, 0.3) is 0 Å². The van der Waals surface area contributed by atoms with E-state index in [9.17, 15) is 4.79 Å². The first-order valence-corrected chi connectivity index (χ1v) is 14.4. The van der Waals surface area contributed by atoms with Crippen molar-refractivity contribution in [2.24, 2.45) is 5.92 Å². The van der Waals surface area contributed by atoms with Crippen LogP contribution in [0.2, 0.25) is 0 Å². The minimum absolute atomic E-state index is 0.173. The predicted molar refractivity (Wildman–Crippen MR) is 168 cm³/mol. The summed E-state index contributed by atoms with van der Waals surface area (Å²) in [5, 5.41) is 13.3. The summed E-state index contributed by atoms with van der Waals surface area (Å²) in [6.07, 6.45) is 3.37. The number of anilines is 5. The number of hydrogen-bond acceptors (Lipinski definition) is 12. The Kier molecular flexibility index (Phi) is 9.70. The Bertz CT molecular complexity index is 1510. The van der Waals surface area contributed by atoms with Gasteiger partial charge in [0, 0.05) is 61.7 Å². The summed E-state index contributed by atoms with van der Waals surface area (Å²) in [5.74, 6) is 2.34. The third kappa shape index (κ3) is 7.79. The number of pyridine rings is 1. The van der Waals surface area contributed by atoms with Gasteiger partial charge in [-0.25, -0.2) is 19.9 Å². The number of nitrogens with one attached hydrogen (secondary N) is 4. The number of carbonyl (C=O) groups excluding carboxylic acids is 1. The van der Waals surface area contributed by atoms with Gasteiger partial charge >= 0.3 is 5.97 Å². The molecule has 3 aromatic heterocycles. The Balaban J connectivity index is 1.20. The fourth-order valence-corrected chi connectivity index (χ4v) is 5.07. The van der Waals surface area contributed by atoms with Crippen molar-refractivity contribution in [2.75, 3.05) is 49.2 Å². The Morgan fingerprint density at radius 1 is 0.977 bits per heavy atom. The molecule has 1 fully saturated rings. The molecule has 2 atom stereocenters. The quantitative estimate of drug-likeness (QED) is 0.190. The first-order valence-electron chi connectivity index (χ1n) is 14.4. The fourth-order valence-electron chi connectivity index (χ4n) is 5.07. The molecule has 0 spiro atoms. The van der Waals surface area contributed by atoms with Crippen molar-refractivity contribution in [2.45, 2.75) is 32.9 Å². The van der Waals surface area contributed by atoms with E-state index in [2.05, 4.69) is 64.9 Å². The maximum atomic E-state index is 12.4. The third-order valence-corrected chi connectivity index (χ3v) is 7.29. The lowest BCUT2D eigenvalue weighted by atomic mass is 9.98. The molecule has 4 N–H and O–H groups in total. The Morgan fingerprint density at radius 2 is 1.72 bits per heavy atom. The molecule has 0 amide bonds. The van der Waals surface area contributed by atoms with Gasteiger partial charge in [0.05, 0.1) is 7.11 Å². The summed E-state index contributed by atoms with van der Waals surface area (Å²) in [4.78, 5) is 37.1. The smallest absolute Gasteiger partial charge is 0.324 e. The van der Waals surface area contributed by atoms with Crippen molar-refractivity contribution in [3.63, 3.8) is 0 Å². The summed E-state index contributed by atoms with van der Waals surface area (Å²) in [6, 6.07) is 17.2. The normalized spacial score (nSPS) is 16.0. The van der Waals surface area contributed by atoms with Crippen LogP contribution in [0.25, 0.3) is 11.5 Å². The molecule has 4 aromatic rings. The molecule has 224 valence electrons. The highest BCUT2D eigenvalue weighted by Crippen LogP contribution is 2.22. The van der Waals surface area contributed by atoms with Crippen molar-refractivity contribution < 1.29 is 9.53 Å². The number of methoxy groups -OCH3 is 1. The van der Waals surface area contributed by atoms with Crippen molar-refractivity contribution in [1.82, 2.24) is 35.1 Å². The Labute approximate surface area is 251 Å². The minimum atomic E-state index is -0.286. The molecule has 1 aliphatic heterocycles. The van der Waals surface area contributed by atoms with Gasteiger partial charge in [-0.2, -0.15) is 4.98 Å². The van der Waals surface area contributed by atoms with Crippen LogP contribution in [0, 0.1) is 12.8 Å². The van der Waals surface area contributed by atoms with E-state index in [1.165, 1.54) is 7.11 Å². The van der Waals surface area contributed by atoms with Gasteiger partial charge in [0.1, 0.15) is 23.4 Å². The molecule has 0 saturated carbocycles. The first kappa shape index (κ1) is 29.8. The highest BCUT2D eigenvalue weighted by atomic mass is 16.5. The molecule has 0 aliphatic carbocycles. The lowest BCUT2D eigenvalue weighted by Crippen LogP contribution is -2.61. The molecule has 0 bridgehead atoms. The van der Waals surface area contributed by atoms with Gasteiger partial charge in [0.2, 0.25) is 5.95 Å². The number of carbonyl (C=O) groups is 1. The summed E-state index contributed by atoms with van der Waals surface area (Å²) in [5.41, 5.74) is 3.45. The van der Waals surface area contributed by atoms with Crippen molar-refractivity contribution >= 4 is 34.9 Å². The van der Waals surface area contributed by atoms with Gasteiger partial charge in [-0.3, -0.25) is 9.69 Å². The van der Waals surface area contributed by atoms with Crippen LogP contribution in [0.15, 0.2) is 67.0 Å².